The minimum Gasteiger partial charge on any atom is -0.355 e. The van der Waals surface area contributed by atoms with Gasteiger partial charge in [0.2, 0.25) is 5.95 Å². The van der Waals surface area contributed by atoms with E-state index in [0.717, 1.165) is 31.2 Å². The number of thiophene rings is 1. The second kappa shape index (κ2) is 5.78. The van der Waals surface area contributed by atoms with E-state index in [-0.39, 0.29) is 5.41 Å². The fraction of sp³-hybridized carbons (Fsp3) is 0.533. The zero-order chi connectivity index (χ0) is 13.9. The van der Waals surface area contributed by atoms with Gasteiger partial charge in [-0.2, -0.15) is 0 Å². The van der Waals surface area contributed by atoms with Crippen molar-refractivity contribution >= 4 is 17.3 Å². The highest BCUT2D eigenvalue weighted by atomic mass is 32.1. The minimum atomic E-state index is 0.130. The molecule has 3 nitrogen and oxygen atoms in total. The van der Waals surface area contributed by atoms with Crippen LogP contribution in [0.25, 0.3) is 0 Å². The molecule has 0 fully saturated rings. The van der Waals surface area contributed by atoms with Crippen molar-refractivity contribution in [2.45, 2.75) is 46.1 Å². The third-order valence-corrected chi connectivity index (χ3v) is 4.47. The van der Waals surface area contributed by atoms with Gasteiger partial charge in [0.05, 0.1) is 5.69 Å². The van der Waals surface area contributed by atoms with Crippen LogP contribution < -0.4 is 5.32 Å². The highest BCUT2D eigenvalue weighted by Gasteiger charge is 2.22. The Morgan fingerprint density at radius 2 is 2.21 bits per heavy atom. The zero-order valence-electron chi connectivity index (χ0n) is 12.2. The van der Waals surface area contributed by atoms with Crippen LogP contribution in [0.5, 0.6) is 0 Å². The van der Waals surface area contributed by atoms with Crippen LogP contribution in [0.4, 0.5) is 5.95 Å². The summed E-state index contributed by atoms with van der Waals surface area (Å²) in [6, 6.07) is 4.32. The molecule has 2 rings (SSSR count). The molecule has 0 aliphatic carbocycles. The molecule has 0 aliphatic heterocycles. The van der Waals surface area contributed by atoms with Crippen molar-refractivity contribution in [1.29, 1.82) is 0 Å². The maximum absolute atomic E-state index is 4.57. The number of anilines is 1. The van der Waals surface area contributed by atoms with E-state index in [9.17, 15) is 0 Å². The van der Waals surface area contributed by atoms with E-state index in [1.807, 2.05) is 18.3 Å². The molecule has 0 spiro atoms. The summed E-state index contributed by atoms with van der Waals surface area (Å²) in [5.74, 6) is 0.990. The van der Waals surface area contributed by atoms with E-state index in [1.54, 1.807) is 0 Å². The number of aromatic nitrogens is 2. The van der Waals surface area contributed by atoms with Crippen LogP contribution in [0.2, 0.25) is 0 Å². The summed E-state index contributed by atoms with van der Waals surface area (Å²) in [7, 11) is 0. The third kappa shape index (κ3) is 3.38. The molecule has 0 bridgehead atoms. The quantitative estimate of drug-likeness (QED) is 0.863. The predicted octanol–water partition coefficient (Wildman–Crippen LogP) is 4.05. The second-order valence-corrected chi connectivity index (χ2v) is 6.56. The Labute approximate surface area is 119 Å². The monoisotopic (exact) mass is 277 g/mol. The van der Waals surface area contributed by atoms with Crippen molar-refractivity contribution < 1.29 is 0 Å². The molecule has 0 aromatic carbocycles. The Morgan fingerprint density at radius 1 is 1.42 bits per heavy atom. The Kier molecular flexibility index (Phi) is 4.30. The fourth-order valence-electron chi connectivity index (χ4n) is 2.15. The van der Waals surface area contributed by atoms with E-state index < -0.39 is 0 Å². The molecular formula is C15H23N3S. The van der Waals surface area contributed by atoms with Gasteiger partial charge in [0.15, 0.2) is 0 Å². The van der Waals surface area contributed by atoms with E-state index in [4.69, 9.17) is 0 Å². The van der Waals surface area contributed by atoms with Gasteiger partial charge in [-0.3, -0.25) is 0 Å². The molecule has 2 heterocycles. The molecule has 0 radical (unpaired) electrons. The van der Waals surface area contributed by atoms with Gasteiger partial charge in [-0.05, 0) is 24.8 Å². The van der Waals surface area contributed by atoms with E-state index in [1.165, 1.54) is 4.88 Å². The molecule has 104 valence electrons. The smallest absolute Gasteiger partial charge is 0.203 e. The van der Waals surface area contributed by atoms with Crippen LogP contribution in [0.3, 0.4) is 0 Å². The number of nitrogens with zero attached hydrogens (tertiary/aromatic N) is 2. The Morgan fingerprint density at radius 3 is 2.84 bits per heavy atom. The van der Waals surface area contributed by atoms with Crippen LogP contribution in [0.15, 0.2) is 23.7 Å². The maximum atomic E-state index is 4.57. The van der Waals surface area contributed by atoms with Gasteiger partial charge in [-0.15, -0.1) is 11.3 Å². The summed E-state index contributed by atoms with van der Waals surface area (Å²) in [4.78, 5) is 5.98. The molecule has 0 unspecified atom stereocenters. The number of nitrogens with one attached hydrogen (secondary N) is 1. The third-order valence-electron chi connectivity index (χ3n) is 3.24. The summed E-state index contributed by atoms with van der Waals surface area (Å²) >= 11 is 1.82. The molecule has 0 atom stereocenters. The van der Waals surface area contributed by atoms with E-state index >= 15 is 0 Å². The Hall–Kier alpha value is -1.29. The molecule has 4 heteroatoms. The van der Waals surface area contributed by atoms with Gasteiger partial charge in [0.25, 0.3) is 0 Å². The summed E-state index contributed by atoms with van der Waals surface area (Å²) in [6.07, 6.45) is 3.24. The number of rotatable bonds is 6. The van der Waals surface area contributed by atoms with E-state index in [0.29, 0.717) is 0 Å². The largest absolute Gasteiger partial charge is 0.355 e. The minimum absolute atomic E-state index is 0.130. The summed E-state index contributed by atoms with van der Waals surface area (Å²) in [5, 5.41) is 5.64. The van der Waals surface area contributed by atoms with Crippen LogP contribution in [-0.2, 0) is 12.0 Å². The second-order valence-electron chi connectivity index (χ2n) is 5.61. The molecule has 0 saturated heterocycles. The first-order chi connectivity index (χ1) is 9.03. The maximum Gasteiger partial charge on any atom is 0.203 e. The SMILES string of the molecule is CCCn1cc(C)nc1NCC(C)(C)c1cccs1. The summed E-state index contributed by atoms with van der Waals surface area (Å²) in [5.41, 5.74) is 1.20. The number of imidazole rings is 1. The molecule has 0 saturated carbocycles. The Bertz CT molecular complexity index is 511. The molecule has 2 aromatic rings. The molecular weight excluding hydrogens is 254 g/mol. The highest BCUT2D eigenvalue weighted by Crippen LogP contribution is 2.27. The highest BCUT2D eigenvalue weighted by molar-refractivity contribution is 7.10. The van der Waals surface area contributed by atoms with Crippen molar-refractivity contribution in [3.8, 4) is 0 Å². The molecule has 0 amide bonds. The first kappa shape index (κ1) is 14.1. The average molecular weight is 277 g/mol. The van der Waals surface area contributed by atoms with E-state index in [2.05, 4.69) is 59.3 Å². The standard InChI is InChI=1S/C15H23N3S/c1-5-8-18-10-12(2)17-14(18)16-11-15(3,4)13-7-6-9-19-13/h6-7,9-10H,5,8,11H2,1-4H3,(H,16,17). The van der Waals surface area contributed by atoms with Gasteiger partial charge < -0.3 is 9.88 Å². The van der Waals surface area contributed by atoms with Crippen molar-refractivity contribution in [1.82, 2.24) is 9.55 Å². The van der Waals surface area contributed by atoms with Crippen LogP contribution in [0.1, 0.15) is 37.8 Å². The lowest BCUT2D eigenvalue weighted by Crippen LogP contribution is -2.27. The normalized spacial score (nSPS) is 11.8. The topological polar surface area (TPSA) is 29.9 Å². The predicted molar refractivity (Wildman–Crippen MR) is 83.1 cm³/mol. The number of hydrogen-bond donors (Lipinski definition) is 1. The van der Waals surface area contributed by atoms with Gasteiger partial charge in [-0.1, -0.05) is 26.8 Å². The van der Waals surface area contributed by atoms with Gasteiger partial charge in [-0.25, -0.2) is 4.98 Å². The average Bonchev–Trinajstić information content (AvgIpc) is 2.97. The number of aryl methyl sites for hydroxylation is 2. The lowest BCUT2D eigenvalue weighted by atomic mass is 9.91. The molecule has 19 heavy (non-hydrogen) atoms. The zero-order valence-corrected chi connectivity index (χ0v) is 13.0. The number of hydrogen-bond acceptors (Lipinski definition) is 3. The van der Waals surface area contributed by atoms with Crippen molar-refractivity contribution in [2.24, 2.45) is 0 Å². The molecule has 0 aliphatic rings. The van der Waals surface area contributed by atoms with Crippen molar-refractivity contribution in [3.63, 3.8) is 0 Å². The lowest BCUT2D eigenvalue weighted by Gasteiger charge is -2.24. The van der Waals surface area contributed by atoms with Crippen molar-refractivity contribution in [2.75, 3.05) is 11.9 Å². The van der Waals surface area contributed by atoms with Crippen LogP contribution >= 0.6 is 11.3 Å². The first-order valence-corrected chi connectivity index (χ1v) is 7.72. The van der Waals surface area contributed by atoms with Gasteiger partial charge >= 0.3 is 0 Å². The van der Waals surface area contributed by atoms with Gasteiger partial charge in [0, 0.05) is 29.6 Å². The first-order valence-electron chi connectivity index (χ1n) is 6.84. The summed E-state index contributed by atoms with van der Waals surface area (Å²) < 4.78 is 2.21. The summed E-state index contributed by atoms with van der Waals surface area (Å²) in [6.45, 7) is 10.7. The lowest BCUT2D eigenvalue weighted by molar-refractivity contribution is 0.562. The molecule has 1 N–H and O–H groups in total. The van der Waals surface area contributed by atoms with Crippen molar-refractivity contribution in [3.05, 3.63) is 34.3 Å². The van der Waals surface area contributed by atoms with Crippen LogP contribution in [0, 0.1) is 6.92 Å². The fourth-order valence-corrected chi connectivity index (χ4v) is 3.00. The van der Waals surface area contributed by atoms with Gasteiger partial charge in [0.1, 0.15) is 0 Å². The molecule has 2 aromatic heterocycles. The van der Waals surface area contributed by atoms with Crippen LogP contribution in [-0.4, -0.2) is 16.1 Å². The Balaban J connectivity index is 2.06.